The average Bonchev–Trinajstić information content (AvgIpc) is 2.54. The van der Waals surface area contributed by atoms with Crippen molar-refractivity contribution >= 4 is 21.6 Å². The fourth-order valence-corrected chi connectivity index (χ4v) is 3.31. The second-order valence-corrected chi connectivity index (χ2v) is 7.04. The van der Waals surface area contributed by atoms with Crippen molar-refractivity contribution in [3.8, 4) is 0 Å². The summed E-state index contributed by atoms with van der Waals surface area (Å²) in [7, 11) is 0. The van der Waals surface area contributed by atoms with Gasteiger partial charge in [-0.2, -0.15) is 0 Å². The lowest BCUT2D eigenvalue weighted by Crippen LogP contribution is -2.38. The number of halogens is 1. The molecule has 2 aromatic carbocycles. The van der Waals surface area contributed by atoms with E-state index in [9.17, 15) is 0 Å². The molecule has 1 heterocycles. The van der Waals surface area contributed by atoms with Gasteiger partial charge < -0.3 is 5.32 Å². The van der Waals surface area contributed by atoms with E-state index in [-0.39, 0.29) is 0 Å². The van der Waals surface area contributed by atoms with Gasteiger partial charge in [-0.3, -0.25) is 4.90 Å². The van der Waals surface area contributed by atoms with Crippen LogP contribution in [0.1, 0.15) is 24.0 Å². The zero-order valence-electron chi connectivity index (χ0n) is 13.1. The minimum absolute atomic E-state index is 0.592. The Kier molecular flexibility index (Phi) is 5.16. The first-order valence-electron chi connectivity index (χ1n) is 8.00. The first-order valence-corrected chi connectivity index (χ1v) is 8.79. The maximum Gasteiger partial charge on any atom is 0.0343 e. The number of anilines is 1. The minimum Gasteiger partial charge on any atom is -0.382 e. The summed E-state index contributed by atoms with van der Waals surface area (Å²) in [6.45, 7) is 5.62. The van der Waals surface area contributed by atoms with Gasteiger partial charge in [0.1, 0.15) is 0 Å². The number of likely N-dealkylation sites (tertiary alicyclic amines) is 1. The SMILES string of the molecule is Cc1ccccc1CN1CCC(Nc2ccc(Br)cc2)CC1. The number of benzene rings is 2. The molecule has 0 saturated carbocycles. The highest BCUT2D eigenvalue weighted by Crippen LogP contribution is 2.20. The topological polar surface area (TPSA) is 15.3 Å². The summed E-state index contributed by atoms with van der Waals surface area (Å²) >= 11 is 3.48. The Hall–Kier alpha value is -1.32. The van der Waals surface area contributed by atoms with Gasteiger partial charge in [-0.15, -0.1) is 0 Å². The van der Waals surface area contributed by atoms with Crippen molar-refractivity contribution in [1.82, 2.24) is 4.90 Å². The van der Waals surface area contributed by atoms with Crippen LogP contribution in [0.2, 0.25) is 0 Å². The van der Waals surface area contributed by atoms with Crippen molar-refractivity contribution in [2.45, 2.75) is 32.4 Å². The van der Waals surface area contributed by atoms with Crippen LogP contribution in [0.25, 0.3) is 0 Å². The van der Waals surface area contributed by atoms with E-state index < -0.39 is 0 Å². The Morgan fingerprint density at radius 3 is 2.41 bits per heavy atom. The van der Waals surface area contributed by atoms with Crippen molar-refractivity contribution in [2.75, 3.05) is 18.4 Å². The van der Waals surface area contributed by atoms with Crippen molar-refractivity contribution in [3.63, 3.8) is 0 Å². The summed E-state index contributed by atoms with van der Waals surface area (Å²) in [5.41, 5.74) is 4.08. The van der Waals surface area contributed by atoms with Crippen LogP contribution in [0.3, 0.4) is 0 Å². The van der Waals surface area contributed by atoms with E-state index in [4.69, 9.17) is 0 Å². The van der Waals surface area contributed by atoms with Gasteiger partial charge in [-0.25, -0.2) is 0 Å². The summed E-state index contributed by atoms with van der Waals surface area (Å²) in [6, 6.07) is 17.8. The Morgan fingerprint density at radius 1 is 1.05 bits per heavy atom. The van der Waals surface area contributed by atoms with Crippen LogP contribution in [0, 0.1) is 6.92 Å². The summed E-state index contributed by atoms with van der Waals surface area (Å²) < 4.78 is 1.13. The maximum absolute atomic E-state index is 3.66. The molecule has 0 bridgehead atoms. The Labute approximate surface area is 141 Å². The van der Waals surface area contributed by atoms with Crippen LogP contribution in [-0.4, -0.2) is 24.0 Å². The highest BCUT2D eigenvalue weighted by atomic mass is 79.9. The predicted octanol–water partition coefficient (Wildman–Crippen LogP) is 4.83. The van der Waals surface area contributed by atoms with Crippen LogP contribution in [0.5, 0.6) is 0 Å². The lowest BCUT2D eigenvalue weighted by molar-refractivity contribution is 0.211. The number of nitrogens with one attached hydrogen (secondary N) is 1. The fourth-order valence-electron chi connectivity index (χ4n) is 3.05. The molecule has 3 heteroatoms. The lowest BCUT2D eigenvalue weighted by atomic mass is 10.0. The number of hydrogen-bond donors (Lipinski definition) is 1. The quantitative estimate of drug-likeness (QED) is 0.841. The fraction of sp³-hybridized carbons (Fsp3) is 0.368. The first kappa shape index (κ1) is 15.6. The predicted molar refractivity (Wildman–Crippen MR) is 97.2 cm³/mol. The van der Waals surface area contributed by atoms with Crippen LogP contribution in [-0.2, 0) is 6.54 Å². The largest absolute Gasteiger partial charge is 0.382 e. The average molecular weight is 359 g/mol. The molecule has 1 fully saturated rings. The molecule has 1 saturated heterocycles. The number of rotatable bonds is 4. The molecule has 116 valence electrons. The van der Waals surface area contributed by atoms with E-state index >= 15 is 0 Å². The van der Waals surface area contributed by atoms with Gasteiger partial charge in [0, 0.05) is 35.8 Å². The molecule has 1 N–H and O–H groups in total. The second kappa shape index (κ2) is 7.30. The van der Waals surface area contributed by atoms with Crippen LogP contribution >= 0.6 is 15.9 Å². The molecular weight excluding hydrogens is 336 g/mol. The van der Waals surface area contributed by atoms with Gasteiger partial charge >= 0.3 is 0 Å². The van der Waals surface area contributed by atoms with Gasteiger partial charge in [0.25, 0.3) is 0 Å². The first-order chi connectivity index (χ1) is 10.7. The Morgan fingerprint density at radius 2 is 1.73 bits per heavy atom. The van der Waals surface area contributed by atoms with E-state index in [0.717, 1.165) is 11.0 Å². The molecule has 0 radical (unpaired) electrons. The number of piperidine rings is 1. The maximum atomic E-state index is 3.66. The molecular formula is C19H23BrN2. The minimum atomic E-state index is 0.592. The molecule has 0 spiro atoms. The molecule has 1 aliphatic rings. The highest BCUT2D eigenvalue weighted by molar-refractivity contribution is 9.10. The Bertz CT molecular complexity index is 601. The third-order valence-electron chi connectivity index (χ3n) is 4.46. The normalized spacial score (nSPS) is 16.6. The Balaban J connectivity index is 1.50. The monoisotopic (exact) mass is 358 g/mol. The molecule has 22 heavy (non-hydrogen) atoms. The van der Waals surface area contributed by atoms with Crippen molar-refractivity contribution in [2.24, 2.45) is 0 Å². The summed E-state index contributed by atoms with van der Waals surface area (Å²) in [4.78, 5) is 2.57. The number of nitrogens with zero attached hydrogens (tertiary/aromatic N) is 1. The lowest BCUT2D eigenvalue weighted by Gasteiger charge is -2.33. The van der Waals surface area contributed by atoms with Crippen LogP contribution in [0.4, 0.5) is 5.69 Å². The molecule has 0 aliphatic carbocycles. The van der Waals surface area contributed by atoms with E-state index in [0.29, 0.717) is 6.04 Å². The summed E-state index contributed by atoms with van der Waals surface area (Å²) in [6.07, 6.45) is 2.42. The van der Waals surface area contributed by atoms with Gasteiger partial charge in [0.05, 0.1) is 0 Å². The van der Waals surface area contributed by atoms with Gasteiger partial charge in [0.15, 0.2) is 0 Å². The number of aryl methyl sites for hydroxylation is 1. The summed E-state index contributed by atoms with van der Waals surface area (Å²) in [5, 5.41) is 3.66. The smallest absolute Gasteiger partial charge is 0.0343 e. The molecule has 0 atom stereocenters. The van der Waals surface area contributed by atoms with Crippen LogP contribution in [0.15, 0.2) is 53.0 Å². The molecule has 0 amide bonds. The number of hydrogen-bond acceptors (Lipinski definition) is 2. The summed E-state index contributed by atoms with van der Waals surface area (Å²) in [5.74, 6) is 0. The highest BCUT2D eigenvalue weighted by Gasteiger charge is 2.19. The zero-order valence-corrected chi connectivity index (χ0v) is 14.6. The third kappa shape index (κ3) is 4.11. The molecule has 0 unspecified atom stereocenters. The second-order valence-electron chi connectivity index (χ2n) is 6.13. The molecule has 2 aromatic rings. The standard InChI is InChI=1S/C19H23BrN2/c1-15-4-2-3-5-16(15)14-22-12-10-19(11-13-22)21-18-8-6-17(20)7-9-18/h2-9,19,21H,10-14H2,1H3. The van der Waals surface area contributed by atoms with E-state index in [1.54, 1.807) is 0 Å². The van der Waals surface area contributed by atoms with E-state index in [2.05, 4.69) is 81.6 Å². The van der Waals surface area contributed by atoms with Crippen molar-refractivity contribution in [1.29, 1.82) is 0 Å². The van der Waals surface area contributed by atoms with Crippen molar-refractivity contribution < 1.29 is 0 Å². The third-order valence-corrected chi connectivity index (χ3v) is 4.99. The van der Waals surface area contributed by atoms with Gasteiger partial charge in [-0.1, -0.05) is 40.2 Å². The van der Waals surface area contributed by atoms with Crippen molar-refractivity contribution in [3.05, 3.63) is 64.1 Å². The van der Waals surface area contributed by atoms with E-state index in [1.165, 1.54) is 42.7 Å². The molecule has 2 nitrogen and oxygen atoms in total. The van der Waals surface area contributed by atoms with Crippen LogP contribution < -0.4 is 5.32 Å². The molecule has 3 rings (SSSR count). The van der Waals surface area contributed by atoms with Gasteiger partial charge in [0.2, 0.25) is 0 Å². The van der Waals surface area contributed by atoms with Gasteiger partial charge in [-0.05, 0) is 55.2 Å². The molecule has 0 aromatic heterocycles. The zero-order chi connectivity index (χ0) is 15.4. The van der Waals surface area contributed by atoms with E-state index in [1.807, 2.05) is 0 Å². The molecule has 1 aliphatic heterocycles.